The first-order valence-electron chi connectivity index (χ1n) is 9.81. The van der Waals surface area contributed by atoms with Gasteiger partial charge in [0.25, 0.3) is 10.1 Å². The Kier molecular flexibility index (Phi) is 7.29. The maximum atomic E-state index is 11.9. The van der Waals surface area contributed by atoms with Gasteiger partial charge in [0.15, 0.2) is 0 Å². The minimum absolute atomic E-state index is 0.0431. The Morgan fingerprint density at radius 1 is 0.906 bits per heavy atom. The van der Waals surface area contributed by atoms with Crippen LogP contribution in [0, 0.1) is 6.92 Å². The molecule has 10 heteroatoms. The highest BCUT2D eigenvalue weighted by Crippen LogP contribution is 2.34. The fourth-order valence-corrected chi connectivity index (χ4v) is 3.36. The van der Waals surface area contributed by atoms with Gasteiger partial charge in [-0.05, 0) is 55.3 Å². The molecule has 0 unspecified atom stereocenters. The lowest BCUT2D eigenvalue weighted by molar-refractivity contribution is 0.319. The fraction of sp³-hybridized carbons (Fsp3) is 0.182. The first-order valence-corrected chi connectivity index (χ1v) is 11.2. The summed E-state index contributed by atoms with van der Waals surface area (Å²) in [6, 6.07) is 16.4. The van der Waals surface area contributed by atoms with Gasteiger partial charge in [-0.3, -0.25) is 4.55 Å². The first kappa shape index (κ1) is 23.0. The second-order valence-electron chi connectivity index (χ2n) is 6.89. The summed E-state index contributed by atoms with van der Waals surface area (Å²) in [5.74, 6) is 0.470. The Hall–Kier alpha value is -3.63. The van der Waals surface area contributed by atoms with Crippen molar-refractivity contribution in [3.05, 3.63) is 66.2 Å². The number of nitrogens with zero attached hydrogens (tertiary/aromatic N) is 4. The van der Waals surface area contributed by atoms with Crippen molar-refractivity contribution in [3.63, 3.8) is 0 Å². The average molecular weight is 454 g/mol. The molecular weight excluding hydrogens is 430 g/mol. The van der Waals surface area contributed by atoms with E-state index in [0.717, 1.165) is 12.0 Å². The maximum Gasteiger partial charge on any atom is 0.296 e. The van der Waals surface area contributed by atoms with Crippen LogP contribution in [0.5, 0.6) is 5.75 Å². The number of aryl methyl sites for hydroxylation is 1. The molecule has 0 aromatic heterocycles. The van der Waals surface area contributed by atoms with Crippen LogP contribution in [0.4, 0.5) is 28.4 Å². The van der Waals surface area contributed by atoms with E-state index in [2.05, 4.69) is 20.5 Å². The number of ether oxygens (including phenoxy) is 1. The molecule has 0 fully saturated rings. The normalized spacial score (nSPS) is 12.0. The largest absolute Gasteiger partial charge is 0.491 e. The maximum absolute atomic E-state index is 11.9. The Labute approximate surface area is 186 Å². The third kappa shape index (κ3) is 5.96. The summed E-state index contributed by atoms with van der Waals surface area (Å²) in [7, 11) is -4.58. The van der Waals surface area contributed by atoms with Crippen molar-refractivity contribution in [2.24, 2.45) is 20.5 Å². The zero-order chi connectivity index (χ0) is 23.1. The Balaban J connectivity index is 1.94. The van der Waals surface area contributed by atoms with E-state index in [1.807, 2.05) is 13.0 Å². The van der Waals surface area contributed by atoms with E-state index in [9.17, 15) is 13.0 Å². The van der Waals surface area contributed by atoms with Crippen molar-refractivity contribution < 1.29 is 17.7 Å². The second kappa shape index (κ2) is 10.1. The molecule has 32 heavy (non-hydrogen) atoms. The van der Waals surface area contributed by atoms with Gasteiger partial charge in [-0.2, -0.15) is 23.8 Å². The van der Waals surface area contributed by atoms with Crippen molar-refractivity contribution in [1.29, 1.82) is 0 Å². The fourth-order valence-electron chi connectivity index (χ4n) is 2.72. The minimum atomic E-state index is -4.58. The SMILES string of the molecule is CCCOc1cc(N=Nc2ccc(N=Nc3ccccc3)cc2S(=O)(=O)O)c(C)cc1N. The van der Waals surface area contributed by atoms with E-state index in [-0.39, 0.29) is 11.4 Å². The molecule has 0 heterocycles. The van der Waals surface area contributed by atoms with Crippen LogP contribution in [0.15, 0.2) is 86.0 Å². The molecular formula is C22H23N5O4S. The van der Waals surface area contributed by atoms with Crippen LogP contribution in [0.2, 0.25) is 0 Å². The molecule has 0 aliphatic carbocycles. The van der Waals surface area contributed by atoms with Gasteiger partial charge >= 0.3 is 0 Å². The van der Waals surface area contributed by atoms with Crippen LogP contribution in [-0.4, -0.2) is 19.6 Å². The zero-order valence-electron chi connectivity index (χ0n) is 17.6. The summed E-state index contributed by atoms with van der Waals surface area (Å²) in [6.45, 7) is 4.27. The Morgan fingerprint density at radius 2 is 1.59 bits per heavy atom. The van der Waals surface area contributed by atoms with E-state index in [4.69, 9.17) is 10.5 Å². The molecule has 0 aliphatic heterocycles. The van der Waals surface area contributed by atoms with Crippen LogP contribution >= 0.6 is 0 Å². The van der Waals surface area contributed by atoms with Crippen LogP contribution in [-0.2, 0) is 10.1 Å². The van der Waals surface area contributed by atoms with Crippen molar-refractivity contribution in [1.82, 2.24) is 0 Å². The summed E-state index contributed by atoms with van der Waals surface area (Å²) in [5.41, 5.74) is 8.44. The number of benzene rings is 3. The standard InChI is InChI=1S/C22H23N5O4S/c1-3-11-31-21-14-20(15(2)12-18(21)23)27-26-19-10-9-17(13-22(19)32(28,29)30)25-24-16-7-5-4-6-8-16/h4-10,12-14H,3,11,23H2,1-2H3,(H,28,29,30). The van der Waals surface area contributed by atoms with Gasteiger partial charge in [0, 0.05) is 6.07 Å². The van der Waals surface area contributed by atoms with Crippen molar-refractivity contribution in [2.45, 2.75) is 25.2 Å². The van der Waals surface area contributed by atoms with E-state index < -0.39 is 15.0 Å². The first-order chi connectivity index (χ1) is 15.3. The summed E-state index contributed by atoms with van der Waals surface area (Å²) in [4.78, 5) is -0.429. The summed E-state index contributed by atoms with van der Waals surface area (Å²) in [5, 5.41) is 16.2. The van der Waals surface area contributed by atoms with Gasteiger partial charge in [0.2, 0.25) is 0 Å². The predicted octanol–water partition coefficient (Wildman–Crippen LogP) is 6.44. The van der Waals surface area contributed by atoms with E-state index in [1.165, 1.54) is 18.2 Å². The van der Waals surface area contributed by atoms with Crippen molar-refractivity contribution in [2.75, 3.05) is 12.3 Å². The molecule has 0 atom stereocenters. The molecule has 3 N–H and O–H groups in total. The quantitative estimate of drug-likeness (QED) is 0.229. The molecule has 0 saturated carbocycles. The third-order valence-corrected chi connectivity index (χ3v) is 5.20. The number of anilines is 1. The molecule has 0 bridgehead atoms. The highest BCUT2D eigenvalue weighted by molar-refractivity contribution is 7.86. The highest BCUT2D eigenvalue weighted by Gasteiger charge is 2.17. The smallest absolute Gasteiger partial charge is 0.296 e. The molecule has 0 saturated heterocycles. The number of nitrogen functional groups attached to an aromatic ring is 1. The van der Waals surface area contributed by atoms with Gasteiger partial charge in [-0.25, -0.2) is 0 Å². The molecule has 3 rings (SSSR count). The van der Waals surface area contributed by atoms with Gasteiger partial charge in [0.1, 0.15) is 16.3 Å². The molecule has 166 valence electrons. The van der Waals surface area contributed by atoms with E-state index in [0.29, 0.717) is 29.4 Å². The molecule has 0 radical (unpaired) electrons. The van der Waals surface area contributed by atoms with Gasteiger partial charge in [-0.1, -0.05) is 25.1 Å². The van der Waals surface area contributed by atoms with Gasteiger partial charge in [0.05, 0.1) is 29.4 Å². The van der Waals surface area contributed by atoms with Crippen molar-refractivity contribution >= 4 is 38.6 Å². The zero-order valence-corrected chi connectivity index (χ0v) is 18.5. The Morgan fingerprint density at radius 3 is 2.28 bits per heavy atom. The number of rotatable bonds is 8. The van der Waals surface area contributed by atoms with Gasteiger partial charge < -0.3 is 10.5 Å². The summed E-state index contributed by atoms with van der Waals surface area (Å²) >= 11 is 0. The van der Waals surface area contributed by atoms with Crippen LogP contribution in [0.1, 0.15) is 18.9 Å². The van der Waals surface area contributed by atoms with Gasteiger partial charge in [-0.15, -0.1) is 5.11 Å². The van der Waals surface area contributed by atoms with Crippen LogP contribution < -0.4 is 10.5 Å². The highest BCUT2D eigenvalue weighted by atomic mass is 32.2. The lowest BCUT2D eigenvalue weighted by atomic mass is 10.1. The molecule has 0 spiro atoms. The number of hydrogen-bond donors (Lipinski definition) is 2. The number of hydrogen-bond acceptors (Lipinski definition) is 8. The Bertz CT molecular complexity index is 1260. The molecule has 9 nitrogen and oxygen atoms in total. The predicted molar refractivity (Wildman–Crippen MR) is 122 cm³/mol. The molecule has 3 aromatic carbocycles. The second-order valence-corrected chi connectivity index (χ2v) is 8.28. The minimum Gasteiger partial charge on any atom is -0.491 e. The lowest BCUT2D eigenvalue weighted by Crippen LogP contribution is -1.99. The van der Waals surface area contributed by atoms with E-state index >= 15 is 0 Å². The average Bonchev–Trinajstić information content (AvgIpc) is 2.77. The van der Waals surface area contributed by atoms with Crippen molar-refractivity contribution in [3.8, 4) is 5.75 Å². The number of azo groups is 2. The molecule has 0 amide bonds. The topological polar surface area (TPSA) is 139 Å². The molecule has 3 aromatic rings. The summed E-state index contributed by atoms with van der Waals surface area (Å²) in [6.07, 6.45) is 0.815. The monoisotopic (exact) mass is 453 g/mol. The van der Waals surface area contributed by atoms with Crippen LogP contribution in [0.25, 0.3) is 0 Å². The van der Waals surface area contributed by atoms with Crippen LogP contribution in [0.3, 0.4) is 0 Å². The third-order valence-electron chi connectivity index (χ3n) is 4.31. The lowest BCUT2D eigenvalue weighted by Gasteiger charge is -2.10. The molecule has 0 aliphatic rings. The number of nitrogens with two attached hydrogens (primary N) is 1. The van der Waals surface area contributed by atoms with E-state index in [1.54, 1.807) is 43.3 Å². The summed E-state index contributed by atoms with van der Waals surface area (Å²) < 4.78 is 39.1.